The first kappa shape index (κ1) is 15.9. The summed E-state index contributed by atoms with van der Waals surface area (Å²) < 4.78 is 0. The van der Waals surface area contributed by atoms with E-state index in [0.29, 0.717) is 11.5 Å². The summed E-state index contributed by atoms with van der Waals surface area (Å²) in [5, 5.41) is 6.53. The van der Waals surface area contributed by atoms with E-state index in [1.54, 1.807) is 0 Å². The second kappa shape index (κ2) is 6.50. The smallest absolute Gasteiger partial charge is 0.226 e. The zero-order valence-electron chi connectivity index (χ0n) is 13.7. The Morgan fingerprint density at radius 2 is 1.62 bits per heavy atom. The van der Waals surface area contributed by atoms with Gasteiger partial charge in [-0.15, -0.1) is 0 Å². The molecule has 0 atom stereocenters. The lowest BCUT2D eigenvalue weighted by Crippen LogP contribution is -2.29. The van der Waals surface area contributed by atoms with Crippen molar-refractivity contribution in [1.82, 2.24) is 0 Å². The predicted molar refractivity (Wildman–Crippen MR) is 89.6 cm³/mol. The molecule has 0 aromatic heterocycles. The van der Waals surface area contributed by atoms with Crippen LogP contribution in [0.5, 0.6) is 0 Å². The summed E-state index contributed by atoms with van der Waals surface area (Å²) in [6.45, 7) is 8.51. The zero-order valence-corrected chi connectivity index (χ0v) is 13.7. The third-order valence-electron chi connectivity index (χ3n) is 4.39. The maximum Gasteiger partial charge on any atom is 0.226 e. The fourth-order valence-corrected chi connectivity index (χ4v) is 2.72. The molecule has 0 bridgehead atoms. The van der Waals surface area contributed by atoms with E-state index in [4.69, 9.17) is 0 Å². The summed E-state index contributed by atoms with van der Waals surface area (Å²) in [4.78, 5) is 11.6. The van der Waals surface area contributed by atoms with Gasteiger partial charge in [-0.25, -0.2) is 0 Å². The Morgan fingerprint density at radius 1 is 1.10 bits per heavy atom. The molecule has 1 aliphatic rings. The first-order valence-corrected chi connectivity index (χ1v) is 8.03. The Labute approximate surface area is 128 Å². The van der Waals surface area contributed by atoms with E-state index in [1.165, 1.54) is 25.7 Å². The largest absolute Gasteiger partial charge is 0.382 e. The second-order valence-corrected chi connectivity index (χ2v) is 7.30. The Balaban J connectivity index is 1.87. The van der Waals surface area contributed by atoms with Crippen LogP contribution >= 0.6 is 0 Å². The predicted octanol–water partition coefficient (Wildman–Crippen LogP) is 4.66. The SMILES string of the molecule is CC(C)C(=O)Nc1ccc(NC2CCC(C)(C)CC2)cc1. The van der Waals surface area contributed by atoms with Gasteiger partial charge >= 0.3 is 0 Å². The third-order valence-corrected chi connectivity index (χ3v) is 4.39. The first-order chi connectivity index (χ1) is 9.85. The van der Waals surface area contributed by atoms with Gasteiger partial charge in [-0.2, -0.15) is 0 Å². The minimum atomic E-state index is 0.00777. The van der Waals surface area contributed by atoms with Gasteiger partial charge in [0.25, 0.3) is 0 Å². The Hall–Kier alpha value is -1.51. The molecule has 0 unspecified atom stereocenters. The van der Waals surface area contributed by atoms with Crippen LogP contribution in [0.15, 0.2) is 24.3 Å². The number of benzene rings is 1. The molecule has 1 saturated carbocycles. The highest BCUT2D eigenvalue weighted by molar-refractivity contribution is 5.92. The lowest BCUT2D eigenvalue weighted by Gasteiger charge is -2.35. The van der Waals surface area contributed by atoms with Crippen molar-refractivity contribution in [2.75, 3.05) is 10.6 Å². The molecule has 2 rings (SSSR count). The summed E-state index contributed by atoms with van der Waals surface area (Å²) in [6, 6.07) is 8.62. The number of rotatable bonds is 4. The molecule has 2 N–H and O–H groups in total. The molecule has 3 heteroatoms. The summed E-state index contributed by atoms with van der Waals surface area (Å²) in [5.74, 6) is 0.0682. The molecule has 1 aromatic carbocycles. The van der Waals surface area contributed by atoms with Crippen molar-refractivity contribution in [2.45, 2.75) is 59.4 Å². The molecule has 1 aliphatic carbocycles. The number of carbonyl (C=O) groups excluding carboxylic acids is 1. The van der Waals surface area contributed by atoms with Gasteiger partial charge in [0, 0.05) is 23.3 Å². The van der Waals surface area contributed by atoms with Crippen molar-refractivity contribution < 1.29 is 4.79 Å². The van der Waals surface area contributed by atoms with Crippen LogP contribution in [-0.2, 0) is 4.79 Å². The van der Waals surface area contributed by atoms with Crippen LogP contribution in [0.4, 0.5) is 11.4 Å². The van der Waals surface area contributed by atoms with Gasteiger partial charge in [0.1, 0.15) is 0 Å². The molecule has 1 amide bonds. The van der Waals surface area contributed by atoms with E-state index in [2.05, 4.69) is 36.6 Å². The van der Waals surface area contributed by atoms with E-state index in [9.17, 15) is 4.79 Å². The van der Waals surface area contributed by atoms with Gasteiger partial charge in [-0.05, 0) is 55.4 Å². The van der Waals surface area contributed by atoms with Crippen LogP contribution in [0.25, 0.3) is 0 Å². The fourth-order valence-electron chi connectivity index (χ4n) is 2.72. The lowest BCUT2D eigenvalue weighted by atomic mass is 9.75. The normalized spacial score (nSPS) is 18.5. The van der Waals surface area contributed by atoms with Crippen molar-refractivity contribution in [1.29, 1.82) is 0 Å². The van der Waals surface area contributed by atoms with Gasteiger partial charge in [0.05, 0.1) is 0 Å². The minimum Gasteiger partial charge on any atom is -0.382 e. The quantitative estimate of drug-likeness (QED) is 0.846. The monoisotopic (exact) mass is 288 g/mol. The molecule has 1 fully saturated rings. The van der Waals surface area contributed by atoms with Gasteiger partial charge in [0.15, 0.2) is 0 Å². The topological polar surface area (TPSA) is 41.1 Å². The van der Waals surface area contributed by atoms with E-state index in [0.717, 1.165) is 11.4 Å². The van der Waals surface area contributed by atoms with Crippen LogP contribution in [0.2, 0.25) is 0 Å². The number of carbonyl (C=O) groups is 1. The van der Waals surface area contributed by atoms with Crippen molar-refractivity contribution in [2.24, 2.45) is 11.3 Å². The molecule has 0 heterocycles. The Bertz CT molecular complexity index is 466. The molecule has 0 radical (unpaired) electrons. The van der Waals surface area contributed by atoms with Gasteiger partial charge < -0.3 is 10.6 Å². The number of amides is 1. The van der Waals surface area contributed by atoms with Crippen molar-refractivity contribution in [3.8, 4) is 0 Å². The summed E-state index contributed by atoms with van der Waals surface area (Å²) in [5.41, 5.74) is 2.51. The van der Waals surface area contributed by atoms with Crippen LogP contribution < -0.4 is 10.6 Å². The molecular weight excluding hydrogens is 260 g/mol. The maximum absolute atomic E-state index is 11.6. The Morgan fingerprint density at radius 3 is 2.14 bits per heavy atom. The van der Waals surface area contributed by atoms with Crippen molar-refractivity contribution in [3.63, 3.8) is 0 Å². The molecule has 116 valence electrons. The van der Waals surface area contributed by atoms with Crippen LogP contribution in [0, 0.1) is 11.3 Å². The highest BCUT2D eigenvalue weighted by atomic mass is 16.1. The number of nitrogens with one attached hydrogen (secondary N) is 2. The molecule has 3 nitrogen and oxygen atoms in total. The molecule has 1 aromatic rings. The second-order valence-electron chi connectivity index (χ2n) is 7.30. The lowest BCUT2D eigenvalue weighted by molar-refractivity contribution is -0.118. The summed E-state index contributed by atoms with van der Waals surface area (Å²) in [7, 11) is 0. The maximum atomic E-state index is 11.6. The number of anilines is 2. The first-order valence-electron chi connectivity index (χ1n) is 8.03. The molecule has 0 spiro atoms. The summed E-state index contributed by atoms with van der Waals surface area (Å²) in [6.07, 6.45) is 5.04. The number of hydrogen-bond acceptors (Lipinski definition) is 2. The molecule has 0 aliphatic heterocycles. The third kappa shape index (κ3) is 4.76. The average Bonchev–Trinajstić information content (AvgIpc) is 2.43. The zero-order chi connectivity index (χ0) is 15.5. The van der Waals surface area contributed by atoms with Crippen LogP contribution in [0.1, 0.15) is 53.4 Å². The average molecular weight is 288 g/mol. The van der Waals surface area contributed by atoms with E-state index < -0.39 is 0 Å². The van der Waals surface area contributed by atoms with E-state index in [1.807, 2.05) is 26.0 Å². The van der Waals surface area contributed by atoms with Gasteiger partial charge in [-0.3, -0.25) is 4.79 Å². The molecular formula is C18H28N2O. The fraction of sp³-hybridized carbons (Fsp3) is 0.611. The molecule has 0 saturated heterocycles. The van der Waals surface area contributed by atoms with Crippen molar-refractivity contribution in [3.05, 3.63) is 24.3 Å². The Kier molecular flexibility index (Phi) is 4.92. The molecule has 21 heavy (non-hydrogen) atoms. The van der Waals surface area contributed by atoms with E-state index >= 15 is 0 Å². The van der Waals surface area contributed by atoms with Gasteiger partial charge in [0.2, 0.25) is 5.91 Å². The van der Waals surface area contributed by atoms with Crippen LogP contribution in [-0.4, -0.2) is 11.9 Å². The van der Waals surface area contributed by atoms with Crippen molar-refractivity contribution >= 4 is 17.3 Å². The highest BCUT2D eigenvalue weighted by Crippen LogP contribution is 2.36. The minimum absolute atomic E-state index is 0.00777. The van der Waals surface area contributed by atoms with Crippen LogP contribution in [0.3, 0.4) is 0 Å². The number of hydrogen-bond donors (Lipinski definition) is 2. The highest BCUT2D eigenvalue weighted by Gasteiger charge is 2.26. The van der Waals surface area contributed by atoms with E-state index in [-0.39, 0.29) is 11.8 Å². The summed E-state index contributed by atoms with van der Waals surface area (Å²) >= 11 is 0. The van der Waals surface area contributed by atoms with Gasteiger partial charge in [-0.1, -0.05) is 27.7 Å². The standard InChI is InChI=1S/C18H28N2O/c1-13(2)17(21)20-15-7-5-14(6-8-15)19-16-9-11-18(3,4)12-10-16/h5-8,13,16,19H,9-12H2,1-4H3,(H,20,21).